The Hall–Kier alpha value is -0.000000000000000111. The molecule has 0 amide bonds. The van der Waals surface area contributed by atoms with Crippen LogP contribution < -0.4 is 5.32 Å². The van der Waals surface area contributed by atoms with E-state index in [1.54, 1.807) is 11.8 Å². The van der Waals surface area contributed by atoms with Gasteiger partial charge in [-0.25, -0.2) is 0 Å². The maximum atomic E-state index is 4.44. The van der Waals surface area contributed by atoms with E-state index in [1.165, 1.54) is 0 Å². The van der Waals surface area contributed by atoms with Crippen LogP contribution in [0.5, 0.6) is 0 Å². The van der Waals surface area contributed by atoms with Crippen LogP contribution in [0.25, 0.3) is 0 Å². The van der Waals surface area contributed by atoms with E-state index < -0.39 is 0 Å². The van der Waals surface area contributed by atoms with Gasteiger partial charge in [-0.15, -0.1) is 0 Å². The van der Waals surface area contributed by atoms with Crippen LogP contribution in [0, 0.1) is 0 Å². The number of para-hydroxylation sites is 1. The number of hydrogen-bond acceptors (Lipinski definition) is 3. The zero-order valence-corrected chi connectivity index (χ0v) is 11.9. The molecule has 0 saturated carbocycles. The monoisotopic (exact) mass is 348 g/mol. The van der Waals surface area contributed by atoms with Crippen LogP contribution in [0.3, 0.4) is 0 Å². The molecule has 1 aliphatic heterocycles. The molecule has 0 aromatic heterocycles. The fourth-order valence-electron chi connectivity index (χ4n) is 1.24. The fraction of sp³-hybridized carbons (Fsp3) is 0.300. The summed E-state index contributed by atoms with van der Waals surface area (Å²) in [7, 11) is 0. The molecular weight excluding hydrogens is 340 g/mol. The Morgan fingerprint density at radius 2 is 2.27 bits per heavy atom. The lowest BCUT2D eigenvalue weighted by molar-refractivity contribution is 0.993. The van der Waals surface area contributed by atoms with Gasteiger partial charge in [0.15, 0.2) is 5.17 Å². The third-order valence-corrected chi connectivity index (χ3v) is 5.01. The predicted octanol–water partition coefficient (Wildman–Crippen LogP) is 3.73. The van der Waals surface area contributed by atoms with Gasteiger partial charge in [0.25, 0.3) is 0 Å². The molecule has 80 valence electrons. The van der Waals surface area contributed by atoms with Crippen molar-refractivity contribution in [2.24, 2.45) is 4.99 Å². The van der Waals surface area contributed by atoms with E-state index in [0.717, 1.165) is 27.2 Å². The number of aliphatic imine (C=N–C) groups is 1. The van der Waals surface area contributed by atoms with Gasteiger partial charge in [0.05, 0.1) is 12.2 Å². The number of nitrogens with one attached hydrogen (secondary N) is 1. The summed E-state index contributed by atoms with van der Waals surface area (Å²) in [6.45, 7) is 0.892. The Balaban J connectivity index is 2.02. The Kier molecular flexibility index (Phi) is 4.11. The summed E-state index contributed by atoms with van der Waals surface area (Å²) in [5.41, 5.74) is 1.07. The number of thioether (sulfide) groups is 1. The van der Waals surface area contributed by atoms with Gasteiger partial charge >= 0.3 is 0 Å². The number of anilines is 1. The van der Waals surface area contributed by atoms with Crippen LogP contribution in [-0.4, -0.2) is 22.3 Å². The van der Waals surface area contributed by atoms with Crippen LogP contribution in [0.2, 0.25) is 0 Å². The van der Waals surface area contributed by atoms with Crippen molar-refractivity contribution in [1.29, 1.82) is 0 Å². The highest BCUT2D eigenvalue weighted by molar-refractivity contribution is 9.10. The van der Waals surface area contributed by atoms with Crippen molar-refractivity contribution in [3.8, 4) is 0 Å². The first kappa shape index (κ1) is 11.5. The standard InChI is InChI=1S/C10H10Br2N2S/c11-5-7-6-13-10(15-7)14-9-4-2-1-3-8(9)12/h1-4,7H,5-6H2,(H,13,14). The van der Waals surface area contributed by atoms with Crippen LogP contribution >= 0.6 is 43.6 Å². The molecule has 0 aliphatic carbocycles. The predicted molar refractivity (Wildman–Crippen MR) is 75.2 cm³/mol. The minimum atomic E-state index is 0.565. The van der Waals surface area contributed by atoms with E-state index in [1.807, 2.05) is 24.3 Å². The van der Waals surface area contributed by atoms with E-state index in [2.05, 4.69) is 42.2 Å². The zero-order valence-electron chi connectivity index (χ0n) is 7.91. The van der Waals surface area contributed by atoms with Gasteiger partial charge in [0, 0.05) is 15.1 Å². The average molecular weight is 350 g/mol. The minimum Gasteiger partial charge on any atom is -0.334 e. The first-order chi connectivity index (χ1) is 7.29. The van der Waals surface area contributed by atoms with Crippen LogP contribution in [-0.2, 0) is 0 Å². The third kappa shape index (κ3) is 2.98. The Morgan fingerprint density at radius 3 is 2.93 bits per heavy atom. The molecule has 0 spiro atoms. The molecule has 2 nitrogen and oxygen atoms in total. The first-order valence-electron chi connectivity index (χ1n) is 4.58. The van der Waals surface area contributed by atoms with E-state index in [-0.39, 0.29) is 0 Å². The molecule has 1 N–H and O–H groups in total. The second-order valence-corrected chi connectivity index (χ2v) is 5.94. The SMILES string of the molecule is BrCC1CN=C(Nc2ccccc2Br)S1. The molecule has 0 fully saturated rings. The highest BCUT2D eigenvalue weighted by Crippen LogP contribution is 2.27. The molecule has 1 aromatic carbocycles. The van der Waals surface area contributed by atoms with Crippen molar-refractivity contribution in [2.75, 3.05) is 17.2 Å². The molecule has 1 unspecified atom stereocenters. The summed E-state index contributed by atoms with van der Waals surface area (Å²) in [4.78, 5) is 4.44. The Labute approximate surface area is 110 Å². The van der Waals surface area contributed by atoms with Gasteiger partial charge in [-0.1, -0.05) is 39.8 Å². The maximum Gasteiger partial charge on any atom is 0.161 e. The van der Waals surface area contributed by atoms with Gasteiger partial charge in [-0.2, -0.15) is 0 Å². The van der Waals surface area contributed by atoms with Gasteiger partial charge < -0.3 is 5.32 Å². The van der Waals surface area contributed by atoms with Gasteiger partial charge in [0.1, 0.15) is 0 Å². The van der Waals surface area contributed by atoms with Crippen molar-refractivity contribution in [3.05, 3.63) is 28.7 Å². The normalized spacial score (nSPS) is 20.1. The fourth-order valence-corrected chi connectivity index (χ4v) is 3.08. The van der Waals surface area contributed by atoms with E-state index in [4.69, 9.17) is 0 Å². The number of halogens is 2. The second kappa shape index (κ2) is 5.37. The highest BCUT2D eigenvalue weighted by Gasteiger charge is 2.18. The molecule has 1 aliphatic rings. The first-order valence-corrected chi connectivity index (χ1v) is 7.37. The van der Waals surface area contributed by atoms with Crippen LogP contribution in [0.1, 0.15) is 0 Å². The number of alkyl halides is 1. The van der Waals surface area contributed by atoms with E-state index in [9.17, 15) is 0 Å². The number of rotatable bonds is 2. The van der Waals surface area contributed by atoms with E-state index >= 15 is 0 Å². The molecule has 2 rings (SSSR count). The lowest BCUT2D eigenvalue weighted by atomic mass is 10.3. The van der Waals surface area contributed by atoms with Crippen LogP contribution in [0.15, 0.2) is 33.7 Å². The topological polar surface area (TPSA) is 24.4 Å². The number of hydrogen-bond donors (Lipinski definition) is 1. The Morgan fingerprint density at radius 1 is 1.47 bits per heavy atom. The quantitative estimate of drug-likeness (QED) is 0.823. The molecule has 0 bridgehead atoms. The van der Waals surface area contributed by atoms with Gasteiger partial charge in [0.2, 0.25) is 0 Å². The number of nitrogens with zero attached hydrogens (tertiary/aromatic N) is 1. The molecule has 1 aromatic rings. The van der Waals surface area contributed by atoms with Crippen molar-refractivity contribution in [1.82, 2.24) is 0 Å². The van der Waals surface area contributed by atoms with Crippen molar-refractivity contribution in [3.63, 3.8) is 0 Å². The summed E-state index contributed by atoms with van der Waals surface area (Å²) in [5.74, 6) is 0. The summed E-state index contributed by atoms with van der Waals surface area (Å²) < 4.78 is 1.07. The zero-order chi connectivity index (χ0) is 10.7. The molecule has 5 heteroatoms. The van der Waals surface area contributed by atoms with Crippen molar-refractivity contribution < 1.29 is 0 Å². The molecule has 0 radical (unpaired) electrons. The summed E-state index contributed by atoms with van der Waals surface area (Å²) in [5, 5.41) is 5.88. The largest absolute Gasteiger partial charge is 0.334 e. The number of benzene rings is 1. The molecular formula is C10H10Br2N2S. The summed E-state index contributed by atoms with van der Waals surface area (Å²) >= 11 is 8.76. The van der Waals surface area contributed by atoms with Crippen LogP contribution in [0.4, 0.5) is 5.69 Å². The Bertz CT molecular complexity index is 381. The van der Waals surface area contributed by atoms with Crippen molar-refractivity contribution >= 4 is 54.5 Å². The van der Waals surface area contributed by atoms with Gasteiger partial charge in [-0.05, 0) is 28.1 Å². The lowest BCUT2D eigenvalue weighted by Crippen LogP contribution is -2.08. The average Bonchev–Trinajstić information content (AvgIpc) is 2.69. The lowest BCUT2D eigenvalue weighted by Gasteiger charge is -2.08. The summed E-state index contributed by atoms with van der Waals surface area (Å²) in [6.07, 6.45) is 0. The van der Waals surface area contributed by atoms with Crippen molar-refractivity contribution in [2.45, 2.75) is 5.25 Å². The molecule has 1 heterocycles. The highest BCUT2D eigenvalue weighted by atomic mass is 79.9. The van der Waals surface area contributed by atoms with Gasteiger partial charge in [-0.3, -0.25) is 4.99 Å². The smallest absolute Gasteiger partial charge is 0.161 e. The second-order valence-electron chi connectivity index (χ2n) is 3.14. The minimum absolute atomic E-state index is 0.565. The molecule has 1 atom stereocenters. The molecule has 0 saturated heterocycles. The number of amidine groups is 1. The molecule has 15 heavy (non-hydrogen) atoms. The summed E-state index contributed by atoms with van der Waals surface area (Å²) in [6, 6.07) is 8.06. The van der Waals surface area contributed by atoms with E-state index in [0.29, 0.717) is 5.25 Å². The third-order valence-electron chi connectivity index (χ3n) is 2.00. The maximum absolute atomic E-state index is 4.44.